The lowest BCUT2D eigenvalue weighted by Gasteiger charge is -2.31. The molecule has 2 aromatic rings. The highest BCUT2D eigenvalue weighted by atomic mass is 35.5. The molecule has 2 heterocycles. The summed E-state index contributed by atoms with van der Waals surface area (Å²) in [5.74, 6) is 1.74. The van der Waals surface area contributed by atoms with Gasteiger partial charge in [0.2, 0.25) is 0 Å². The highest BCUT2D eigenvalue weighted by Crippen LogP contribution is 2.32. The molecule has 0 aliphatic heterocycles. The minimum absolute atomic E-state index is 0.236. The van der Waals surface area contributed by atoms with E-state index >= 15 is 0 Å². The van der Waals surface area contributed by atoms with Gasteiger partial charge in [0.05, 0.1) is 31.8 Å². The van der Waals surface area contributed by atoms with Crippen LogP contribution in [0, 0.1) is 0 Å². The summed E-state index contributed by atoms with van der Waals surface area (Å²) >= 11 is 13.0. The molecule has 3 rings (SSSR count). The third-order valence-corrected chi connectivity index (χ3v) is 5.49. The number of carbonyl (C=O) groups is 1. The number of carbonyl (C=O) groups excluding carboxylic acids is 1. The van der Waals surface area contributed by atoms with E-state index < -0.39 is 17.5 Å². The molecule has 0 saturated heterocycles. The van der Waals surface area contributed by atoms with Gasteiger partial charge in [0.25, 0.3) is 0 Å². The second-order valence-corrected chi connectivity index (χ2v) is 7.33. The third-order valence-electron chi connectivity index (χ3n) is 4.60. The zero-order valence-corrected chi connectivity index (χ0v) is 18.7. The number of nitrogens with one attached hydrogen (secondary N) is 2. The number of halogens is 2. The van der Waals surface area contributed by atoms with E-state index in [0.29, 0.717) is 23.2 Å². The van der Waals surface area contributed by atoms with Crippen LogP contribution in [0.5, 0.6) is 0 Å². The third kappa shape index (κ3) is 5.18. The molecule has 2 N–H and O–H groups in total. The van der Waals surface area contributed by atoms with Gasteiger partial charge in [-0.3, -0.25) is 9.88 Å². The maximum absolute atomic E-state index is 13.4. The van der Waals surface area contributed by atoms with E-state index in [1.807, 2.05) is 12.1 Å². The van der Waals surface area contributed by atoms with Gasteiger partial charge in [0.1, 0.15) is 34.9 Å². The van der Waals surface area contributed by atoms with Gasteiger partial charge in [-0.05, 0) is 17.7 Å². The summed E-state index contributed by atoms with van der Waals surface area (Å²) in [6, 6.07) is 4.06. The van der Waals surface area contributed by atoms with Crippen molar-refractivity contribution in [3.05, 3.63) is 65.1 Å². The fourth-order valence-electron chi connectivity index (χ4n) is 2.96. The molecule has 9 nitrogen and oxygen atoms in total. The Hall–Kier alpha value is -3.04. The molecule has 164 valence electrons. The quantitative estimate of drug-likeness (QED) is 0.606. The number of aromatic nitrogens is 3. The van der Waals surface area contributed by atoms with Crippen LogP contribution in [0.2, 0.25) is 0 Å². The molecule has 11 heteroatoms. The van der Waals surface area contributed by atoms with E-state index in [0.717, 1.165) is 5.56 Å². The monoisotopic (exact) mass is 464 g/mol. The Morgan fingerprint density at radius 1 is 1.23 bits per heavy atom. The zero-order chi connectivity index (χ0) is 22.4. The summed E-state index contributed by atoms with van der Waals surface area (Å²) in [7, 11) is 4.70. The van der Waals surface area contributed by atoms with Crippen molar-refractivity contribution in [2.45, 2.75) is 18.0 Å². The molecule has 2 aromatic heterocycles. The summed E-state index contributed by atoms with van der Waals surface area (Å²) in [5.41, 5.74) is 0.859. The van der Waals surface area contributed by atoms with Gasteiger partial charge >= 0.3 is 6.03 Å². The lowest BCUT2D eigenvalue weighted by Crippen LogP contribution is -2.50. The van der Waals surface area contributed by atoms with Crippen molar-refractivity contribution in [3.8, 4) is 0 Å². The normalized spacial score (nSPS) is 18.2. The SMILES string of the molecule is CNc1cc(N(Cc2ccncc2)C(=O)NC2C(Cl)=C(OC)C=C(OC)C2Cl)ncn1. The topological polar surface area (TPSA) is 102 Å². The predicted molar refractivity (Wildman–Crippen MR) is 119 cm³/mol. The minimum Gasteiger partial charge on any atom is -0.499 e. The van der Waals surface area contributed by atoms with Gasteiger partial charge in [0, 0.05) is 31.6 Å². The van der Waals surface area contributed by atoms with E-state index in [4.69, 9.17) is 32.7 Å². The van der Waals surface area contributed by atoms with Gasteiger partial charge in [-0.1, -0.05) is 11.6 Å². The summed E-state index contributed by atoms with van der Waals surface area (Å²) in [5, 5.41) is 5.35. The van der Waals surface area contributed by atoms with Gasteiger partial charge < -0.3 is 20.1 Å². The molecule has 0 radical (unpaired) electrons. The van der Waals surface area contributed by atoms with Crippen LogP contribution in [0.3, 0.4) is 0 Å². The van der Waals surface area contributed by atoms with E-state index in [1.54, 1.807) is 31.6 Å². The Morgan fingerprint density at radius 3 is 2.61 bits per heavy atom. The predicted octanol–water partition coefficient (Wildman–Crippen LogP) is 3.25. The van der Waals surface area contributed by atoms with Crippen LogP contribution in [0.1, 0.15) is 5.56 Å². The minimum atomic E-state index is -0.767. The molecule has 0 bridgehead atoms. The first-order chi connectivity index (χ1) is 15.0. The van der Waals surface area contributed by atoms with Gasteiger partial charge in [-0.25, -0.2) is 14.8 Å². The van der Waals surface area contributed by atoms with Gasteiger partial charge in [-0.15, -0.1) is 11.6 Å². The van der Waals surface area contributed by atoms with Crippen LogP contribution in [-0.2, 0) is 16.0 Å². The highest BCUT2D eigenvalue weighted by molar-refractivity contribution is 6.33. The molecular formula is C20H22Cl2N6O3. The number of rotatable bonds is 7. The Bertz CT molecular complexity index is 986. The maximum Gasteiger partial charge on any atom is 0.323 e. The van der Waals surface area contributed by atoms with Crippen LogP contribution >= 0.6 is 23.2 Å². The van der Waals surface area contributed by atoms with Crippen molar-refractivity contribution in [1.29, 1.82) is 0 Å². The average molecular weight is 465 g/mol. The van der Waals surface area contributed by atoms with E-state index in [9.17, 15) is 4.79 Å². The van der Waals surface area contributed by atoms with Crippen LogP contribution in [0.4, 0.5) is 16.4 Å². The van der Waals surface area contributed by atoms with Crippen LogP contribution < -0.4 is 15.5 Å². The Kier molecular flexibility index (Phi) is 7.54. The van der Waals surface area contributed by atoms with Crippen molar-refractivity contribution in [3.63, 3.8) is 0 Å². The van der Waals surface area contributed by atoms with Crippen LogP contribution in [-0.4, -0.2) is 53.7 Å². The zero-order valence-electron chi connectivity index (χ0n) is 17.2. The molecule has 2 unspecified atom stereocenters. The first kappa shape index (κ1) is 22.6. The average Bonchev–Trinajstić information content (AvgIpc) is 2.81. The number of allylic oxidation sites excluding steroid dienone is 1. The van der Waals surface area contributed by atoms with Crippen LogP contribution in [0.15, 0.2) is 59.5 Å². The van der Waals surface area contributed by atoms with Crippen molar-refractivity contribution >= 4 is 40.9 Å². The summed E-state index contributed by atoms with van der Waals surface area (Å²) in [6.07, 6.45) is 6.28. The standard InChI is InChI=1S/C20H22Cl2N6O3/c1-23-15-9-16(26-11-25-15)28(10-12-4-6-24-7-5-12)20(29)27-19-17(21)13(30-2)8-14(31-3)18(19)22/h4-9,11,17,19H,10H2,1-3H3,(H,27,29)(H,23,25,26). The number of methoxy groups -OCH3 is 2. The molecule has 0 aromatic carbocycles. The number of anilines is 2. The smallest absolute Gasteiger partial charge is 0.323 e. The van der Waals surface area contributed by atoms with E-state index in [1.165, 1.54) is 25.4 Å². The summed E-state index contributed by atoms with van der Waals surface area (Å²) < 4.78 is 10.6. The van der Waals surface area contributed by atoms with E-state index in [-0.39, 0.29) is 11.6 Å². The number of urea groups is 1. The number of ether oxygens (including phenoxy) is 2. The molecular weight excluding hydrogens is 443 g/mol. The fourth-order valence-corrected chi connectivity index (χ4v) is 3.68. The molecule has 1 aliphatic rings. The van der Waals surface area contributed by atoms with Crippen LogP contribution in [0.25, 0.3) is 0 Å². The van der Waals surface area contributed by atoms with Gasteiger partial charge in [-0.2, -0.15) is 0 Å². The Balaban J connectivity index is 1.92. The number of amides is 2. The number of pyridine rings is 1. The number of nitrogens with zero attached hydrogens (tertiary/aromatic N) is 4. The van der Waals surface area contributed by atoms with Crippen molar-refractivity contribution in [2.75, 3.05) is 31.5 Å². The second kappa shape index (κ2) is 10.3. The Morgan fingerprint density at radius 2 is 1.97 bits per heavy atom. The van der Waals surface area contributed by atoms with Crippen molar-refractivity contribution < 1.29 is 14.3 Å². The molecule has 31 heavy (non-hydrogen) atoms. The second-order valence-electron chi connectivity index (χ2n) is 6.45. The largest absolute Gasteiger partial charge is 0.499 e. The number of hydrogen-bond acceptors (Lipinski definition) is 7. The highest BCUT2D eigenvalue weighted by Gasteiger charge is 2.35. The summed E-state index contributed by atoms with van der Waals surface area (Å²) in [4.78, 5) is 27.2. The fraction of sp³-hybridized carbons (Fsp3) is 0.300. The Labute approximate surface area is 190 Å². The molecule has 2 atom stereocenters. The molecule has 0 fully saturated rings. The first-order valence-corrected chi connectivity index (χ1v) is 10.1. The van der Waals surface area contributed by atoms with Crippen molar-refractivity contribution in [1.82, 2.24) is 20.3 Å². The van der Waals surface area contributed by atoms with Crippen molar-refractivity contribution in [2.24, 2.45) is 0 Å². The van der Waals surface area contributed by atoms with Gasteiger partial charge in [0.15, 0.2) is 0 Å². The molecule has 1 aliphatic carbocycles. The first-order valence-electron chi connectivity index (χ1n) is 9.28. The number of alkyl halides is 1. The molecule has 0 saturated carbocycles. The number of hydrogen-bond donors (Lipinski definition) is 2. The molecule has 2 amide bonds. The lowest BCUT2D eigenvalue weighted by molar-refractivity contribution is 0.233. The maximum atomic E-state index is 13.4. The van der Waals surface area contributed by atoms with E-state index in [2.05, 4.69) is 25.6 Å². The molecule has 0 spiro atoms. The lowest BCUT2D eigenvalue weighted by atomic mass is 10.0. The summed E-state index contributed by atoms with van der Waals surface area (Å²) in [6.45, 7) is 0.236.